The maximum Gasteiger partial charge on any atom is 0.269 e. The fraction of sp³-hybridized carbons (Fsp3) is 0.200. The van der Waals surface area contributed by atoms with E-state index in [1.54, 1.807) is 48.5 Å². The number of hydrogen-bond donors (Lipinski definition) is 4. The summed E-state index contributed by atoms with van der Waals surface area (Å²) < 4.78 is 5.30. The van der Waals surface area contributed by atoms with Crippen molar-refractivity contribution >= 4 is 52.3 Å². The number of hydrogen-bond acceptors (Lipinski definition) is 5. The molecule has 0 radical (unpaired) electrons. The highest BCUT2D eigenvalue weighted by Crippen LogP contribution is 2.22. The van der Waals surface area contributed by atoms with Gasteiger partial charge in [-0.25, -0.2) is 0 Å². The summed E-state index contributed by atoms with van der Waals surface area (Å²) in [5, 5.41) is 5.39. The molecule has 0 aromatic heterocycles. The fourth-order valence-electron chi connectivity index (χ4n) is 2.24. The topological polar surface area (TPSA) is 109 Å². The van der Waals surface area contributed by atoms with Crippen LogP contribution in [0, 0.1) is 0 Å². The van der Waals surface area contributed by atoms with Crippen molar-refractivity contribution in [1.82, 2.24) is 16.2 Å². The molecule has 0 aliphatic rings. The summed E-state index contributed by atoms with van der Waals surface area (Å²) in [5.74, 6) is -0.703. The molecule has 0 saturated heterocycles. The van der Waals surface area contributed by atoms with E-state index in [0.717, 1.165) is 6.42 Å². The molecule has 0 aliphatic carbocycles. The molecular formula is C20H21ClN4O4S. The minimum Gasteiger partial charge on any atom is -0.482 e. The van der Waals surface area contributed by atoms with Crippen LogP contribution in [0.1, 0.15) is 30.1 Å². The van der Waals surface area contributed by atoms with Crippen LogP contribution in [0.2, 0.25) is 5.02 Å². The Morgan fingerprint density at radius 3 is 2.37 bits per heavy atom. The molecule has 158 valence electrons. The molecule has 0 atom stereocenters. The van der Waals surface area contributed by atoms with Crippen LogP contribution in [0.4, 0.5) is 5.69 Å². The van der Waals surface area contributed by atoms with Gasteiger partial charge >= 0.3 is 0 Å². The lowest BCUT2D eigenvalue weighted by Crippen LogP contribution is -2.49. The van der Waals surface area contributed by atoms with Gasteiger partial charge < -0.3 is 10.1 Å². The SMILES string of the molecule is CCCC(=O)Nc1ccc(C(=O)NNC(=S)NC(=O)COc2ccccc2Cl)cc1. The first-order valence-corrected chi connectivity index (χ1v) is 9.85. The van der Waals surface area contributed by atoms with Crippen molar-refractivity contribution in [2.24, 2.45) is 0 Å². The van der Waals surface area contributed by atoms with Crippen molar-refractivity contribution in [2.45, 2.75) is 19.8 Å². The number of benzene rings is 2. The van der Waals surface area contributed by atoms with Crippen LogP contribution in [-0.4, -0.2) is 29.4 Å². The minimum atomic E-state index is -0.520. The van der Waals surface area contributed by atoms with Crippen LogP contribution in [0.3, 0.4) is 0 Å². The summed E-state index contributed by atoms with van der Waals surface area (Å²) in [4.78, 5) is 35.6. The molecule has 0 saturated carbocycles. The molecular weight excluding hydrogens is 428 g/mol. The van der Waals surface area contributed by atoms with Gasteiger partial charge in [-0.3, -0.25) is 30.6 Å². The van der Waals surface area contributed by atoms with Crippen LogP contribution < -0.4 is 26.2 Å². The number of rotatable bonds is 7. The number of nitrogens with one attached hydrogen (secondary N) is 4. The first kappa shape index (κ1) is 23.1. The maximum atomic E-state index is 12.1. The van der Waals surface area contributed by atoms with Crippen molar-refractivity contribution in [3.8, 4) is 5.75 Å². The number of halogens is 1. The standard InChI is InChI=1S/C20H21ClN4O4S/c1-2-5-17(26)22-14-10-8-13(9-11-14)19(28)24-25-20(30)23-18(27)12-29-16-7-4-3-6-15(16)21/h3-4,6-11H,2,5,12H2,1H3,(H,22,26)(H,24,28)(H2,23,25,27,30). The van der Waals surface area contributed by atoms with Crippen molar-refractivity contribution in [3.05, 3.63) is 59.1 Å². The van der Waals surface area contributed by atoms with Gasteiger partial charge in [-0.2, -0.15) is 0 Å². The highest BCUT2D eigenvalue weighted by Gasteiger charge is 2.10. The second-order valence-corrected chi connectivity index (χ2v) is 6.87. The summed E-state index contributed by atoms with van der Waals surface area (Å²) in [7, 11) is 0. The average Bonchev–Trinajstić information content (AvgIpc) is 2.72. The van der Waals surface area contributed by atoms with E-state index in [-0.39, 0.29) is 17.6 Å². The lowest BCUT2D eigenvalue weighted by Gasteiger charge is -2.12. The number of amides is 3. The van der Waals surface area contributed by atoms with Gasteiger partial charge in [-0.05, 0) is 55.0 Å². The van der Waals surface area contributed by atoms with Gasteiger partial charge in [0, 0.05) is 17.7 Å². The molecule has 3 amide bonds. The van der Waals surface area contributed by atoms with Gasteiger partial charge in [-0.1, -0.05) is 30.7 Å². The van der Waals surface area contributed by atoms with Crippen LogP contribution in [-0.2, 0) is 9.59 Å². The molecule has 0 unspecified atom stereocenters. The molecule has 10 heteroatoms. The predicted molar refractivity (Wildman–Crippen MR) is 118 cm³/mol. The lowest BCUT2D eigenvalue weighted by atomic mass is 10.2. The number of ether oxygens (including phenoxy) is 1. The molecule has 0 heterocycles. The van der Waals surface area contributed by atoms with Gasteiger partial charge in [0.1, 0.15) is 5.75 Å². The Hall–Kier alpha value is -3.17. The first-order valence-electron chi connectivity index (χ1n) is 9.06. The van der Waals surface area contributed by atoms with Crippen LogP contribution in [0.5, 0.6) is 5.75 Å². The van der Waals surface area contributed by atoms with E-state index < -0.39 is 11.8 Å². The van der Waals surface area contributed by atoms with E-state index >= 15 is 0 Å². The van der Waals surface area contributed by atoms with Crippen molar-refractivity contribution < 1.29 is 19.1 Å². The largest absolute Gasteiger partial charge is 0.482 e. The zero-order valence-electron chi connectivity index (χ0n) is 16.2. The number of carbonyl (C=O) groups excluding carboxylic acids is 3. The molecule has 0 bridgehead atoms. The first-order chi connectivity index (χ1) is 14.4. The predicted octanol–water partition coefficient (Wildman–Crippen LogP) is 2.79. The van der Waals surface area contributed by atoms with Gasteiger partial charge in [0.05, 0.1) is 5.02 Å². The molecule has 0 spiro atoms. The number of anilines is 1. The maximum absolute atomic E-state index is 12.1. The Labute approximate surface area is 184 Å². The molecule has 2 aromatic rings. The summed E-state index contributed by atoms with van der Waals surface area (Å²) in [6.45, 7) is 1.61. The summed E-state index contributed by atoms with van der Waals surface area (Å²) in [6.07, 6.45) is 1.18. The smallest absolute Gasteiger partial charge is 0.269 e. The number of thiocarbonyl (C=S) groups is 1. The highest BCUT2D eigenvalue weighted by atomic mass is 35.5. The van der Waals surface area contributed by atoms with E-state index in [9.17, 15) is 14.4 Å². The third-order valence-corrected chi connectivity index (χ3v) is 4.16. The number of para-hydroxylation sites is 1. The van der Waals surface area contributed by atoms with E-state index in [4.69, 9.17) is 28.6 Å². The quantitative estimate of drug-likeness (QED) is 0.383. The summed E-state index contributed by atoms with van der Waals surface area (Å²) in [5.41, 5.74) is 5.74. The Morgan fingerprint density at radius 1 is 1.00 bits per heavy atom. The minimum absolute atomic E-state index is 0.0871. The monoisotopic (exact) mass is 448 g/mol. The molecule has 0 aliphatic heterocycles. The summed E-state index contributed by atoms with van der Waals surface area (Å²) >= 11 is 10.9. The highest BCUT2D eigenvalue weighted by molar-refractivity contribution is 7.80. The number of hydrazine groups is 1. The normalized spacial score (nSPS) is 9.93. The van der Waals surface area contributed by atoms with Crippen molar-refractivity contribution in [3.63, 3.8) is 0 Å². The zero-order valence-corrected chi connectivity index (χ0v) is 17.7. The third kappa shape index (κ3) is 7.69. The molecule has 30 heavy (non-hydrogen) atoms. The Kier molecular flexibility index (Phi) is 9.04. The van der Waals surface area contributed by atoms with Crippen molar-refractivity contribution in [1.29, 1.82) is 0 Å². The van der Waals surface area contributed by atoms with E-state index in [1.807, 2.05) is 6.92 Å². The Balaban J connectivity index is 1.74. The molecule has 0 fully saturated rings. The van der Waals surface area contributed by atoms with E-state index in [1.165, 1.54) is 0 Å². The molecule has 2 rings (SSSR count). The zero-order chi connectivity index (χ0) is 21.9. The molecule has 2 aromatic carbocycles. The molecule has 4 N–H and O–H groups in total. The Bertz CT molecular complexity index is 921. The van der Waals surface area contributed by atoms with Gasteiger partial charge in [0.25, 0.3) is 11.8 Å². The van der Waals surface area contributed by atoms with E-state index in [2.05, 4.69) is 21.5 Å². The van der Waals surface area contributed by atoms with Crippen LogP contribution >= 0.6 is 23.8 Å². The van der Waals surface area contributed by atoms with Crippen molar-refractivity contribution in [2.75, 3.05) is 11.9 Å². The second-order valence-electron chi connectivity index (χ2n) is 6.05. The average molecular weight is 449 g/mol. The van der Waals surface area contributed by atoms with Gasteiger partial charge in [0.2, 0.25) is 5.91 Å². The van der Waals surface area contributed by atoms with Gasteiger partial charge in [-0.15, -0.1) is 0 Å². The summed E-state index contributed by atoms with van der Waals surface area (Å²) in [6, 6.07) is 13.1. The van der Waals surface area contributed by atoms with Gasteiger partial charge in [0.15, 0.2) is 11.7 Å². The van der Waals surface area contributed by atoms with Crippen LogP contribution in [0.25, 0.3) is 0 Å². The van der Waals surface area contributed by atoms with E-state index in [0.29, 0.717) is 28.4 Å². The lowest BCUT2D eigenvalue weighted by molar-refractivity contribution is -0.121. The fourth-order valence-corrected chi connectivity index (χ4v) is 2.60. The van der Waals surface area contributed by atoms with Crippen LogP contribution in [0.15, 0.2) is 48.5 Å². The number of carbonyl (C=O) groups is 3. The third-order valence-electron chi connectivity index (χ3n) is 3.65. The molecule has 8 nitrogen and oxygen atoms in total. The Morgan fingerprint density at radius 2 is 1.70 bits per heavy atom. The second kappa shape index (κ2) is 11.7.